The van der Waals surface area contributed by atoms with Crippen LogP contribution in [0.25, 0.3) is 0 Å². The number of amides is 1. The lowest BCUT2D eigenvalue weighted by Gasteiger charge is -2.22. The van der Waals surface area contributed by atoms with Crippen molar-refractivity contribution in [3.8, 4) is 0 Å². The summed E-state index contributed by atoms with van der Waals surface area (Å²) < 4.78 is 37.3. The van der Waals surface area contributed by atoms with Gasteiger partial charge in [0.2, 0.25) is 5.91 Å². The minimum Gasteiger partial charge on any atom is -0.326 e. The highest BCUT2D eigenvalue weighted by atomic mass is 19.4. The molecule has 1 aliphatic carbocycles. The summed E-state index contributed by atoms with van der Waals surface area (Å²) in [5.74, 6) is -0.192. The van der Waals surface area contributed by atoms with E-state index < -0.39 is 11.7 Å². The molecule has 22 heavy (non-hydrogen) atoms. The molecule has 1 fully saturated rings. The van der Waals surface area contributed by atoms with E-state index in [0.717, 1.165) is 25.0 Å². The Balaban J connectivity index is 1.72. The fourth-order valence-corrected chi connectivity index (χ4v) is 2.66. The number of benzene rings is 1. The Labute approximate surface area is 128 Å². The van der Waals surface area contributed by atoms with Crippen LogP contribution in [0.1, 0.15) is 44.1 Å². The normalized spacial score (nSPS) is 16.5. The lowest BCUT2D eigenvalue weighted by molar-refractivity contribution is -0.137. The Morgan fingerprint density at radius 2 is 1.73 bits per heavy atom. The first-order chi connectivity index (χ1) is 10.4. The van der Waals surface area contributed by atoms with Crippen molar-refractivity contribution in [3.63, 3.8) is 0 Å². The van der Waals surface area contributed by atoms with Crippen LogP contribution in [0.3, 0.4) is 0 Å². The summed E-state index contributed by atoms with van der Waals surface area (Å²) in [7, 11) is 0. The number of hydrogen-bond donors (Lipinski definition) is 2. The highest BCUT2D eigenvalue weighted by molar-refractivity contribution is 5.90. The van der Waals surface area contributed by atoms with E-state index in [1.165, 1.54) is 31.4 Å². The lowest BCUT2D eigenvalue weighted by Crippen LogP contribution is -2.33. The van der Waals surface area contributed by atoms with Crippen molar-refractivity contribution in [3.05, 3.63) is 29.8 Å². The van der Waals surface area contributed by atoms with Crippen molar-refractivity contribution >= 4 is 11.6 Å². The maximum absolute atomic E-state index is 12.4. The van der Waals surface area contributed by atoms with Crippen molar-refractivity contribution in [1.82, 2.24) is 5.32 Å². The summed E-state index contributed by atoms with van der Waals surface area (Å²) in [6.07, 6.45) is 2.02. The van der Waals surface area contributed by atoms with Gasteiger partial charge in [-0.15, -0.1) is 0 Å². The molecule has 0 unspecified atom stereocenters. The zero-order valence-electron chi connectivity index (χ0n) is 12.4. The van der Waals surface area contributed by atoms with Crippen LogP contribution in [0.5, 0.6) is 0 Å². The van der Waals surface area contributed by atoms with Gasteiger partial charge >= 0.3 is 6.18 Å². The second-order valence-electron chi connectivity index (χ2n) is 5.66. The third-order valence-corrected chi connectivity index (χ3v) is 3.89. The molecule has 6 heteroatoms. The van der Waals surface area contributed by atoms with Crippen LogP contribution in [-0.2, 0) is 11.0 Å². The summed E-state index contributed by atoms with van der Waals surface area (Å²) in [6.45, 7) is 0.594. The number of nitrogens with one attached hydrogen (secondary N) is 2. The quantitative estimate of drug-likeness (QED) is 0.864. The molecule has 0 aliphatic heterocycles. The summed E-state index contributed by atoms with van der Waals surface area (Å²) in [5.41, 5.74) is -0.333. The Morgan fingerprint density at radius 3 is 2.32 bits per heavy atom. The maximum Gasteiger partial charge on any atom is 0.416 e. The van der Waals surface area contributed by atoms with Gasteiger partial charge < -0.3 is 10.6 Å². The first-order valence-corrected chi connectivity index (χ1v) is 7.65. The van der Waals surface area contributed by atoms with E-state index in [2.05, 4.69) is 10.6 Å². The lowest BCUT2D eigenvalue weighted by atomic mass is 9.95. The van der Waals surface area contributed by atoms with Gasteiger partial charge in [0.25, 0.3) is 0 Å². The Morgan fingerprint density at radius 1 is 1.09 bits per heavy atom. The van der Waals surface area contributed by atoms with Gasteiger partial charge in [-0.05, 0) is 37.1 Å². The third kappa shape index (κ3) is 5.33. The number of alkyl halides is 3. The van der Waals surface area contributed by atoms with E-state index in [1.807, 2.05) is 0 Å². The molecule has 1 aromatic rings. The van der Waals surface area contributed by atoms with Crippen LogP contribution in [0.2, 0.25) is 0 Å². The summed E-state index contributed by atoms with van der Waals surface area (Å²) >= 11 is 0. The molecular weight excluding hydrogens is 293 g/mol. The molecule has 0 bridgehead atoms. The molecule has 2 rings (SSSR count). The first-order valence-electron chi connectivity index (χ1n) is 7.65. The summed E-state index contributed by atoms with van der Waals surface area (Å²) in [4.78, 5) is 11.8. The molecule has 1 amide bonds. The van der Waals surface area contributed by atoms with Gasteiger partial charge in [-0.1, -0.05) is 19.3 Å². The Bertz CT molecular complexity index is 479. The molecular formula is C16H21F3N2O. The molecule has 122 valence electrons. The SMILES string of the molecule is O=C(CCNC1CCCCC1)Nc1ccc(C(F)(F)F)cc1. The summed E-state index contributed by atoms with van der Waals surface area (Å²) in [5, 5.41) is 5.97. The monoisotopic (exact) mass is 314 g/mol. The molecule has 3 nitrogen and oxygen atoms in total. The second kappa shape index (κ2) is 7.63. The zero-order valence-corrected chi connectivity index (χ0v) is 12.4. The fraction of sp³-hybridized carbons (Fsp3) is 0.562. The van der Waals surface area contributed by atoms with Gasteiger partial charge in [0.1, 0.15) is 0 Å². The van der Waals surface area contributed by atoms with Crippen molar-refractivity contribution < 1.29 is 18.0 Å². The van der Waals surface area contributed by atoms with Crippen LogP contribution in [-0.4, -0.2) is 18.5 Å². The average Bonchev–Trinajstić information content (AvgIpc) is 2.48. The molecule has 1 aromatic carbocycles. The Hall–Kier alpha value is -1.56. The fourth-order valence-electron chi connectivity index (χ4n) is 2.66. The molecule has 0 spiro atoms. The second-order valence-corrected chi connectivity index (χ2v) is 5.66. The molecule has 0 heterocycles. The number of carbonyl (C=O) groups is 1. The van der Waals surface area contributed by atoms with Crippen LogP contribution < -0.4 is 10.6 Å². The highest BCUT2D eigenvalue weighted by Gasteiger charge is 2.29. The number of hydrogen-bond acceptors (Lipinski definition) is 2. The number of halogens is 3. The molecule has 0 aromatic heterocycles. The van der Waals surface area contributed by atoms with Gasteiger partial charge in [0.05, 0.1) is 5.56 Å². The van der Waals surface area contributed by atoms with E-state index >= 15 is 0 Å². The topological polar surface area (TPSA) is 41.1 Å². The zero-order chi connectivity index (χ0) is 16.0. The van der Waals surface area contributed by atoms with E-state index in [4.69, 9.17) is 0 Å². The number of carbonyl (C=O) groups excluding carboxylic acids is 1. The van der Waals surface area contributed by atoms with Gasteiger partial charge in [-0.2, -0.15) is 13.2 Å². The van der Waals surface area contributed by atoms with Gasteiger partial charge in [0.15, 0.2) is 0 Å². The van der Waals surface area contributed by atoms with E-state index in [-0.39, 0.29) is 5.91 Å². The van der Waals surface area contributed by atoms with E-state index in [1.54, 1.807) is 0 Å². The Kier molecular flexibility index (Phi) is 5.83. The molecule has 1 aliphatic rings. The molecule has 0 saturated heterocycles. The highest BCUT2D eigenvalue weighted by Crippen LogP contribution is 2.29. The number of anilines is 1. The molecule has 0 radical (unpaired) electrons. The van der Waals surface area contributed by atoms with Gasteiger partial charge in [-0.3, -0.25) is 4.79 Å². The van der Waals surface area contributed by atoms with E-state index in [0.29, 0.717) is 24.7 Å². The average molecular weight is 314 g/mol. The minimum atomic E-state index is -4.35. The van der Waals surface area contributed by atoms with Crippen molar-refractivity contribution in [1.29, 1.82) is 0 Å². The van der Waals surface area contributed by atoms with Crippen molar-refractivity contribution in [2.45, 2.75) is 50.7 Å². The molecule has 0 atom stereocenters. The van der Waals surface area contributed by atoms with Crippen LogP contribution in [0, 0.1) is 0 Å². The maximum atomic E-state index is 12.4. The van der Waals surface area contributed by atoms with E-state index in [9.17, 15) is 18.0 Å². The smallest absolute Gasteiger partial charge is 0.326 e. The molecule has 2 N–H and O–H groups in total. The van der Waals surface area contributed by atoms with Crippen molar-refractivity contribution in [2.24, 2.45) is 0 Å². The summed E-state index contributed by atoms with van der Waals surface area (Å²) in [6, 6.07) is 4.98. The predicted molar refractivity (Wildman–Crippen MR) is 79.6 cm³/mol. The standard InChI is InChI=1S/C16H21F3N2O/c17-16(18,19)12-6-8-14(9-7-12)21-15(22)10-11-20-13-4-2-1-3-5-13/h6-9,13,20H,1-5,10-11H2,(H,21,22). The largest absolute Gasteiger partial charge is 0.416 e. The van der Waals surface area contributed by atoms with Gasteiger partial charge in [-0.25, -0.2) is 0 Å². The molecule has 1 saturated carbocycles. The predicted octanol–water partition coefficient (Wildman–Crippen LogP) is 3.96. The van der Waals surface area contributed by atoms with Crippen LogP contribution >= 0.6 is 0 Å². The van der Waals surface area contributed by atoms with Crippen LogP contribution in [0.15, 0.2) is 24.3 Å². The van der Waals surface area contributed by atoms with Gasteiger partial charge in [0, 0.05) is 24.7 Å². The first kappa shape index (κ1) is 16.8. The number of rotatable bonds is 5. The minimum absolute atomic E-state index is 0.192. The third-order valence-electron chi connectivity index (χ3n) is 3.89. The van der Waals surface area contributed by atoms with Crippen molar-refractivity contribution in [2.75, 3.05) is 11.9 Å². The van der Waals surface area contributed by atoms with Crippen LogP contribution in [0.4, 0.5) is 18.9 Å².